The molecule has 0 bridgehead atoms. The van der Waals surface area contributed by atoms with Crippen molar-refractivity contribution in [2.75, 3.05) is 7.11 Å². The topological polar surface area (TPSA) is 21.3 Å². The molecule has 3 rings (SSSR count). The summed E-state index contributed by atoms with van der Waals surface area (Å²) in [4.78, 5) is 0. The maximum absolute atomic E-state index is 5.21. The first-order valence-corrected chi connectivity index (χ1v) is 8.33. The predicted octanol–water partition coefficient (Wildman–Crippen LogP) is 4.58. The number of ether oxygens (including phenoxy) is 1. The Kier molecular flexibility index (Phi) is 5.87. The van der Waals surface area contributed by atoms with Crippen molar-refractivity contribution in [1.82, 2.24) is 5.32 Å². The molecule has 0 amide bonds. The smallest absolute Gasteiger partial charge is 0.118 e. The van der Waals surface area contributed by atoms with E-state index in [1.54, 1.807) is 7.11 Å². The van der Waals surface area contributed by atoms with Gasteiger partial charge < -0.3 is 4.74 Å². The minimum absolute atomic E-state index is 0.0245. The third kappa shape index (κ3) is 4.97. The summed E-state index contributed by atoms with van der Waals surface area (Å²) in [5.74, 6) is 7.49. The lowest BCUT2D eigenvalue weighted by atomic mass is 10.1. The zero-order valence-corrected chi connectivity index (χ0v) is 14.3. The molecule has 0 aliphatic rings. The van der Waals surface area contributed by atoms with Crippen molar-refractivity contribution in [3.8, 4) is 17.6 Å². The standard InChI is InChI=1S/C23H21NO/c1-25-22-15-12-20(13-16-22)18-24-23(21-10-6-3-7-11-21)17-14-19-8-4-2-5-9-19/h2-13,15-16,23-24H,18H2,1H3/t23-/m0/s1. The second-order valence-corrected chi connectivity index (χ2v) is 5.71. The summed E-state index contributed by atoms with van der Waals surface area (Å²) in [6, 6.07) is 28.4. The van der Waals surface area contributed by atoms with Crippen LogP contribution >= 0.6 is 0 Å². The van der Waals surface area contributed by atoms with Crippen LogP contribution in [-0.4, -0.2) is 7.11 Å². The van der Waals surface area contributed by atoms with E-state index in [1.807, 2.05) is 60.7 Å². The lowest BCUT2D eigenvalue weighted by molar-refractivity contribution is 0.414. The van der Waals surface area contributed by atoms with Crippen LogP contribution in [0.5, 0.6) is 5.75 Å². The highest BCUT2D eigenvalue weighted by Crippen LogP contribution is 2.15. The molecule has 3 aromatic rings. The highest BCUT2D eigenvalue weighted by molar-refractivity contribution is 5.37. The summed E-state index contributed by atoms with van der Waals surface area (Å²) < 4.78 is 5.21. The molecule has 0 unspecified atom stereocenters. The van der Waals surface area contributed by atoms with Crippen molar-refractivity contribution in [1.29, 1.82) is 0 Å². The zero-order valence-electron chi connectivity index (χ0n) is 14.3. The Labute approximate surface area is 149 Å². The molecule has 0 heterocycles. The number of hydrogen-bond donors (Lipinski definition) is 1. The molecule has 0 aliphatic carbocycles. The fraction of sp³-hybridized carbons (Fsp3) is 0.130. The lowest BCUT2D eigenvalue weighted by Gasteiger charge is -2.14. The van der Waals surface area contributed by atoms with Crippen LogP contribution in [0.4, 0.5) is 0 Å². The van der Waals surface area contributed by atoms with E-state index in [-0.39, 0.29) is 6.04 Å². The molecule has 1 N–H and O–H groups in total. The third-order valence-electron chi connectivity index (χ3n) is 3.94. The molecule has 25 heavy (non-hydrogen) atoms. The SMILES string of the molecule is COc1ccc(CN[C@@H](C#Cc2ccccc2)c2ccccc2)cc1. The van der Waals surface area contributed by atoms with Crippen LogP contribution in [0.25, 0.3) is 0 Å². The van der Waals surface area contributed by atoms with Gasteiger partial charge in [-0.2, -0.15) is 0 Å². The maximum Gasteiger partial charge on any atom is 0.118 e. The third-order valence-corrected chi connectivity index (χ3v) is 3.94. The molecule has 0 aromatic heterocycles. The Morgan fingerprint density at radius 1 is 0.840 bits per heavy atom. The Balaban J connectivity index is 1.76. The van der Waals surface area contributed by atoms with E-state index < -0.39 is 0 Å². The number of benzene rings is 3. The van der Waals surface area contributed by atoms with Gasteiger partial charge in [0.15, 0.2) is 0 Å². The molecule has 0 aliphatic heterocycles. The molecule has 1 atom stereocenters. The minimum Gasteiger partial charge on any atom is -0.497 e. The number of methoxy groups -OCH3 is 1. The maximum atomic E-state index is 5.21. The van der Waals surface area contributed by atoms with Gasteiger partial charge in [0, 0.05) is 12.1 Å². The Morgan fingerprint density at radius 2 is 1.48 bits per heavy atom. The number of rotatable bonds is 5. The largest absolute Gasteiger partial charge is 0.497 e. The van der Waals surface area contributed by atoms with Gasteiger partial charge in [-0.1, -0.05) is 72.5 Å². The van der Waals surface area contributed by atoms with Crippen LogP contribution in [0.3, 0.4) is 0 Å². The first-order valence-electron chi connectivity index (χ1n) is 8.33. The van der Waals surface area contributed by atoms with Gasteiger partial charge in [-0.3, -0.25) is 5.32 Å². The van der Waals surface area contributed by atoms with Gasteiger partial charge in [0.1, 0.15) is 5.75 Å². The van der Waals surface area contributed by atoms with Crippen LogP contribution in [-0.2, 0) is 6.54 Å². The number of hydrogen-bond acceptors (Lipinski definition) is 2. The van der Waals surface area contributed by atoms with Crippen LogP contribution in [0, 0.1) is 11.8 Å². The molecular weight excluding hydrogens is 306 g/mol. The van der Waals surface area contributed by atoms with E-state index >= 15 is 0 Å². The van der Waals surface area contributed by atoms with Crippen molar-refractivity contribution in [3.63, 3.8) is 0 Å². The van der Waals surface area contributed by atoms with Gasteiger partial charge in [-0.05, 0) is 35.4 Å². The van der Waals surface area contributed by atoms with Gasteiger partial charge >= 0.3 is 0 Å². The van der Waals surface area contributed by atoms with E-state index in [0.29, 0.717) is 0 Å². The minimum atomic E-state index is -0.0245. The molecule has 124 valence electrons. The summed E-state index contributed by atoms with van der Waals surface area (Å²) in [5, 5.41) is 3.55. The molecule has 3 aromatic carbocycles. The first kappa shape index (κ1) is 16.8. The molecule has 0 fully saturated rings. The van der Waals surface area contributed by atoms with Crippen molar-refractivity contribution < 1.29 is 4.74 Å². The Bertz CT molecular complexity index is 830. The van der Waals surface area contributed by atoms with Gasteiger partial charge in [0.05, 0.1) is 13.2 Å². The molecule has 0 saturated carbocycles. The molecule has 0 spiro atoms. The Hall–Kier alpha value is -3.02. The van der Waals surface area contributed by atoms with E-state index in [2.05, 4.69) is 41.4 Å². The summed E-state index contributed by atoms with van der Waals surface area (Å²) in [6.45, 7) is 0.743. The lowest BCUT2D eigenvalue weighted by Crippen LogP contribution is -2.19. The summed E-state index contributed by atoms with van der Waals surface area (Å²) >= 11 is 0. The summed E-state index contributed by atoms with van der Waals surface area (Å²) in [7, 11) is 1.68. The van der Waals surface area contributed by atoms with Crippen LogP contribution in [0.15, 0.2) is 84.9 Å². The van der Waals surface area contributed by atoms with Crippen molar-refractivity contribution in [3.05, 3.63) is 102 Å². The fourth-order valence-electron chi connectivity index (χ4n) is 2.54. The zero-order chi connectivity index (χ0) is 17.3. The molecular formula is C23H21NO. The first-order chi connectivity index (χ1) is 12.3. The van der Waals surface area contributed by atoms with Gasteiger partial charge in [-0.25, -0.2) is 0 Å². The highest BCUT2D eigenvalue weighted by Gasteiger charge is 2.07. The van der Waals surface area contributed by atoms with E-state index in [9.17, 15) is 0 Å². The van der Waals surface area contributed by atoms with Crippen molar-refractivity contribution in [2.45, 2.75) is 12.6 Å². The van der Waals surface area contributed by atoms with E-state index in [1.165, 1.54) is 11.1 Å². The highest BCUT2D eigenvalue weighted by atomic mass is 16.5. The molecule has 0 saturated heterocycles. The number of nitrogens with one attached hydrogen (secondary N) is 1. The van der Waals surface area contributed by atoms with Gasteiger partial charge in [0.2, 0.25) is 0 Å². The van der Waals surface area contributed by atoms with Crippen LogP contribution in [0.2, 0.25) is 0 Å². The molecule has 2 nitrogen and oxygen atoms in total. The van der Waals surface area contributed by atoms with Crippen LogP contribution in [0.1, 0.15) is 22.7 Å². The summed E-state index contributed by atoms with van der Waals surface area (Å²) in [6.07, 6.45) is 0. The molecule has 2 heteroatoms. The van der Waals surface area contributed by atoms with Gasteiger partial charge in [-0.15, -0.1) is 0 Å². The average molecular weight is 327 g/mol. The molecule has 0 radical (unpaired) electrons. The Morgan fingerprint density at radius 3 is 2.12 bits per heavy atom. The summed E-state index contributed by atoms with van der Waals surface area (Å²) in [5.41, 5.74) is 3.39. The van der Waals surface area contributed by atoms with E-state index in [4.69, 9.17) is 4.74 Å². The quantitative estimate of drug-likeness (QED) is 0.693. The van der Waals surface area contributed by atoms with Crippen molar-refractivity contribution >= 4 is 0 Å². The fourth-order valence-corrected chi connectivity index (χ4v) is 2.54. The average Bonchev–Trinajstić information content (AvgIpc) is 2.70. The predicted molar refractivity (Wildman–Crippen MR) is 102 cm³/mol. The van der Waals surface area contributed by atoms with E-state index in [0.717, 1.165) is 17.9 Å². The second-order valence-electron chi connectivity index (χ2n) is 5.71. The van der Waals surface area contributed by atoms with Crippen LogP contribution < -0.4 is 10.1 Å². The monoisotopic (exact) mass is 327 g/mol. The van der Waals surface area contributed by atoms with Crippen molar-refractivity contribution in [2.24, 2.45) is 0 Å². The second kappa shape index (κ2) is 8.73. The normalized spacial score (nSPS) is 11.2. The van der Waals surface area contributed by atoms with Gasteiger partial charge in [0.25, 0.3) is 0 Å².